The molecule has 0 bridgehead atoms. The Kier molecular flexibility index (Phi) is 6.45. The van der Waals surface area contributed by atoms with E-state index in [0.29, 0.717) is 0 Å². The van der Waals surface area contributed by atoms with E-state index in [1.807, 2.05) is 0 Å². The number of benzene rings is 3. The van der Waals surface area contributed by atoms with Crippen LogP contribution in [0.15, 0.2) is 65.4 Å². The number of piperidine rings is 1. The molecule has 1 unspecified atom stereocenters. The van der Waals surface area contributed by atoms with E-state index in [4.69, 9.17) is 4.74 Å². The number of aryl methyl sites for hydroxylation is 3. The molecule has 0 aliphatic carbocycles. The zero-order valence-electron chi connectivity index (χ0n) is 22.3. The average Bonchev–Trinajstić information content (AvgIpc) is 3.17. The lowest BCUT2D eigenvalue weighted by Gasteiger charge is -2.47. The molecule has 0 saturated carbocycles. The van der Waals surface area contributed by atoms with Crippen molar-refractivity contribution in [2.75, 3.05) is 13.1 Å². The predicted octanol–water partition coefficient (Wildman–Crippen LogP) is 8.79. The van der Waals surface area contributed by atoms with Crippen molar-refractivity contribution >= 4 is 40.0 Å². The Morgan fingerprint density at radius 3 is 2.20 bits per heavy atom. The van der Waals surface area contributed by atoms with E-state index >= 15 is 0 Å². The van der Waals surface area contributed by atoms with Gasteiger partial charge in [-0.05, 0) is 81.1 Å². The Morgan fingerprint density at radius 1 is 0.800 bits per heavy atom. The number of fused-ring (bicyclic) bond motifs is 3. The van der Waals surface area contributed by atoms with Gasteiger partial charge in [-0.25, -0.2) is 4.74 Å². The van der Waals surface area contributed by atoms with Crippen molar-refractivity contribution in [3.05, 3.63) is 71.8 Å². The summed E-state index contributed by atoms with van der Waals surface area (Å²) in [6.07, 6.45) is 3.85. The molecule has 1 aliphatic rings. The van der Waals surface area contributed by atoms with Gasteiger partial charge in [-0.3, -0.25) is 4.67 Å². The van der Waals surface area contributed by atoms with Gasteiger partial charge >= 0.3 is 0 Å². The van der Waals surface area contributed by atoms with Gasteiger partial charge in [0, 0.05) is 51.9 Å². The van der Waals surface area contributed by atoms with Gasteiger partial charge in [-0.2, -0.15) is 0 Å². The topological polar surface area (TPSA) is 20.5 Å². The molecule has 3 aromatic carbocycles. The first-order valence-electron chi connectivity index (χ1n) is 13.2. The summed E-state index contributed by atoms with van der Waals surface area (Å²) in [7, 11) is -2.10. The molecule has 1 aromatic heterocycles. The van der Waals surface area contributed by atoms with Crippen molar-refractivity contribution in [2.24, 2.45) is 4.74 Å². The lowest BCUT2D eigenvalue weighted by molar-refractivity contribution is 0.361. The summed E-state index contributed by atoms with van der Waals surface area (Å²) < 4.78 is 11.0. The van der Waals surface area contributed by atoms with Crippen LogP contribution in [-0.4, -0.2) is 27.5 Å². The lowest BCUT2D eigenvalue weighted by atomic mass is 10.1. The van der Waals surface area contributed by atoms with Gasteiger partial charge in [0.05, 0.1) is 12.9 Å². The number of hydrogen-bond donors (Lipinski definition) is 0. The van der Waals surface area contributed by atoms with Crippen molar-refractivity contribution in [2.45, 2.75) is 72.5 Å². The highest BCUT2D eigenvalue weighted by Gasteiger charge is 2.41. The molecular weight excluding hydrogens is 445 g/mol. The highest BCUT2D eigenvalue weighted by atomic mass is 31.2. The van der Waals surface area contributed by atoms with Crippen molar-refractivity contribution in [1.29, 1.82) is 0 Å². The number of rotatable bonds is 4. The molecule has 0 amide bonds. The molecule has 3 nitrogen and oxygen atoms in total. The number of aromatic nitrogens is 1. The minimum atomic E-state index is -2.10. The van der Waals surface area contributed by atoms with Crippen molar-refractivity contribution in [1.82, 2.24) is 9.24 Å². The maximum absolute atomic E-state index is 5.80. The summed E-state index contributed by atoms with van der Waals surface area (Å²) in [6.45, 7) is 17.1. The summed E-state index contributed by atoms with van der Waals surface area (Å²) in [5, 5.41) is 4.14. The summed E-state index contributed by atoms with van der Waals surface area (Å²) in [5.74, 6) is 0. The van der Waals surface area contributed by atoms with Crippen LogP contribution in [0, 0.1) is 13.8 Å². The molecule has 4 aromatic rings. The first-order valence-corrected chi connectivity index (χ1v) is 14.9. The second-order valence-corrected chi connectivity index (χ2v) is 14.9. The van der Waals surface area contributed by atoms with Crippen LogP contribution in [-0.2, 0) is 6.54 Å². The van der Waals surface area contributed by atoms with Crippen molar-refractivity contribution in [3.63, 3.8) is 0 Å². The molecule has 35 heavy (non-hydrogen) atoms. The lowest BCUT2D eigenvalue weighted by Crippen LogP contribution is -2.39. The Morgan fingerprint density at radius 2 is 1.51 bits per heavy atom. The third-order valence-corrected chi connectivity index (χ3v) is 12.5. The van der Waals surface area contributed by atoms with E-state index in [2.05, 4.69) is 111 Å². The zero-order valence-corrected chi connectivity index (χ0v) is 23.2. The fraction of sp³-hybridized carbons (Fsp3) is 0.419. The smallest absolute Gasteiger partial charge is 0.0720 e. The van der Waals surface area contributed by atoms with Crippen LogP contribution in [0.2, 0.25) is 0 Å². The second kappa shape index (κ2) is 9.26. The Hall–Kier alpha value is -2.35. The van der Waals surface area contributed by atoms with Crippen LogP contribution in [0.25, 0.3) is 21.8 Å². The highest BCUT2D eigenvalue weighted by Crippen LogP contribution is 2.65. The monoisotopic (exact) mass is 485 g/mol. The minimum absolute atomic E-state index is 0.0138. The van der Waals surface area contributed by atoms with Gasteiger partial charge < -0.3 is 4.57 Å². The van der Waals surface area contributed by atoms with E-state index in [9.17, 15) is 0 Å². The first kappa shape index (κ1) is 24.3. The average molecular weight is 486 g/mol. The normalized spacial score (nSPS) is 17.1. The fourth-order valence-corrected chi connectivity index (χ4v) is 10.3. The van der Waals surface area contributed by atoms with Crippen molar-refractivity contribution in [3.8, 4) is 0 Å². The van der Waals surface area contributed by atoms with E-state index < -0.39 is 7.21 Å². The SMILES string of the molecule is CCn1c2ccccc2c2cc(P(=Nc3ccc(C)c(C)c3)(N3CCCCC3)C(C)(C)C)ccc21. The van der Waals surface area contributed by atoms with Crippen LogP contribution in [0.1, 0.15) is 58.1 Å². The zero-order chi connectivity index (χ0) is 24.8. The maximum Gasteiger partial charge on any atom is 0.0720 e. The van der Waals surface area contributed by atoms with Gasteiger partial charge in [0.15, 0.2) is 0 Å². The number of nitrogens with zero attached hydrogens (tertiary/aromatic N) is 3. The molecule has 1 aliphatic heterocycles. The maximum atomic E-state index is 5.80. The van der Waals surface area contributed by atoms with Crippen LogP contribution in [0.5, 0.6) is 0 Å². The van der Waals surface area contributed by atoms with E-state index in [1.165, 1.54) is 57.5 Å². The third-order valence-electron chi connectivity index (χ3n) is 7.86. The van der Waals surface area contributed by atoms with E-state index in [1.54, 1.807) is 0 Å². The third kappa shape index (κ3) is 4.07. The molecule has 1 fully saturated rings. The summed E-state index contributed by atoms with van der Waals surface area (Å²) in [4.78, 5) is 0. The largest absolute Gasteiger partial charge is 0.341 e. The fourth-order valence-electron chi connectivity index (χ4n) is 5.94. The number of para-hydroxylation sites is 1. The van der Waals surface area contributed by atoms with Crippen molar-refractivity contribution < 1.29 is 0 Å². The Bertz CT molecular complexity index is 1430. The summed E-state index contributed by atoms with van der Waals surface area (Å²) in [5.41, 5.74) is 6.42. The molecule has 1 saturated heterocycles. The van der Waals surface area contributed by atoms with Crippen LogP contribution in [0.4, 0.5) is 5.69 Å². The van der Waals surface area contributed by atoms with Crippen LogP contribution in [0.3, 0.4) is 0 Å². The minimum Gasteiger partial charge on any atom is -0.341 e. The molecule has 0 spiro atoms. The molecule has 2 heterocycles. The van der Waals surface area contributed by atoms with E-state index in [0.717, 1.165) is 25.3 Å². The van der Waals surface area contributed by atoms with Gasteiger partial charge in [-0.1, -0.05) is 51.5 Å². The van der Waals surface area contributed by atoms with Gasteiger partial charge in [0.1, 0.15) is 0 Å². The number of hydrogen-bond acceptors (Lipinski definition) is 1. The van der Waals surface area contributed by atoms with Gasteiger partial charge in [0.2, 0.25) is 0 Å². The Labute approximate surface area is 211 Å². The first-order chi connectivity index (χ1) is 16.8. The molecule has 4 heteroatoms. The molecule has 184 valence electrons. The van der Waals surface area contributed by atoms with E-state index in [-0.39, 0.29) is 5.16 Å². The summed E-state index contributed by atoms with van der Waals surface area (Å²) >= 11 is 0. The van der Waals surface area contributed by atoms with Crippen LogP contribution < -0.4 is 5.30 Å². The standard InChI is InChI=1S/C31H40N3P/c1-7-34-29-14-10-9-13-27(29)28-22-26(17-18-30(28)34)35(31(4,5)6,33-19-11-8-12-20-33)32-25-16-15-23(2)24(3)21-25/h9-10,13-18,21-22H,7-8,11-12,19-20H2,1-6H3. The molecule has 1 atom stereocenters. The summed E-state index contributed by atoms with van der Waals surface area (Å²) in [6, 6.07) is 22.9. The molecule has 0 radical (unpaired) electrons. The molecule has 5 rings (SSSR count). The van der Waals surface area contributed by atoms with Crippen LogP contribution >= 0.6 is 7.21 Å². The second-order valence-electron chi connectivity index (χ2n) is 11.1. The molecular formula is C31H40N3P. The van der Waals surface area contributed by atoms with Gasteiger partial charge in [0.25, 0.3) is 0 Å². The quantitative estimate of drug-likeness (QED) is 0.265. The van der Waals surface area contributed by atoms with Gasteiger partial charge in [-0.15, -0.1) is 0 Å². The Balaban J connectivity index is 1.85. The predicted molar refractivity (Wildman–Crippen MR) is 155 cm³/mol. The highest BCUT2D eigenvalue weighted by molar-refractivity contribution is 7.73. The molecule has 0 N–H and O–H groups in total.